The molecule has 0 saturated carbocycles. The van der Waals surface area contributed by atoms with Crippen LogP contribution >= 0.6 is 0 Å². The Labute approximate surface area is 147 Å². The van der Waals surface area contributed by atoms with Gasteiger partial charge in [-0.3, -0.25) is 4.98 Å². The standard InChI is InChI=1S/C16H29BNO3.Li/c1-8-15-10-9-11-16(18-15)17(19-12(2)3,20-13(4)5)21-14(6)7;/h9-14H,8H2,1-7H3;/q-1;+1. The van der Waals surface area contributed by atoms with E-state index >= 15 is 0 Å². The minimum absolute atomic E-state index is 0. The molecule has 0 amide bonds. The van der Waals surface area contributed by atoms with Crippen molar-refractivity contribution in [2.75, 3.05) is 0 Å². The Kier molecular flexibility index (Phi) is 9.61. The van der Waals surface area contributed by atoms with Crippen LogP contribution < -0.4 is 24.5 Å². The second-order valence-corrected chi connectivity index (χ2v) is 6.10. The molecular weight excluding hydrogens is 272 g/mol. The molecule has 0 saturated heterocycles. The van der Waals surface area contributed by atoms with Gasteiger partial charge >= 0.3 is 25.6 Å². The summed E-state index contributed by atoms with van der Waals surface area (Å²) in [6.45, 7) is 11.9. The molecule has 0 aromatic carbocycles. The van der Waals surface area contributed by atoms with Gasteiger partial charge in [0, 0.05) is 24.0 Å². The van der Waals surface area contributed by atoms with Crippen LogP contribution in [0.15, 0.2) is 18.2 Å². The van der Waals surface area contributed by atoms with E-state index in [1.54, 1.807) is 0 Å². The van der Waals surface area contributed by atoms with Crippen LogP contribution in [0, 0.1) is 0 Å². The molecule has 0 spiro atoms. The average Bonchev–Trinajstić information content (AvgIpc) is 2.36. The molecule has 1 aromatic rings. The number of pyridine rings is 1. The van der Waals surface area contributed by atoms with Crippen molar-refractivity contribution < 1.29 is 32.8 Å². The molecule has 0 unspecified atom stereocenters. The molecule has 0 radical (unpaired) electrons. The van der Waals surface area contributed by atoms with Crippen molar-refractivity contribution in [2.24, 2.45) is 0 Å². The molecule has 0 bridgehead atoms. The summed E-state index contributed by atoms with van der Waals surface area (Å²) in [5.41, 5.74) is 1.73. The molecule has 1 heterocycles. The van der Waals surface area contributed by atoms with Gasteiger partial charge in [0.1, 0.15) is 0 Å². The smallest absolute Gasteiger partial charge is 0.538 e. The predicted octanol–water partition coefficient (Wildman–Crippen LogP) is 0.0689. The van der Waals surface area contributed by atoms with E-state index in [9.17, 15) is 0 Å². The Bertz CT molecular complexity index is 415. The predicted molar refractivity (Wildman–Crippen MR) is 87.7 cm³/mol. The first-order valence-electron chi connectivity index (χ1n) is 7.92. The van der Waals surface area contributed by atoms with Crippen molar-refractivity contribution >= 4 is 12.3 Å². The van der Waals surface area contributed by atoms with Crippen molar-refractivity contribution in [3.05, 3.63) is 23.9 Å². The molecule has 6 heteroatoms. The molecule has 0 aliphatic carbocycles. The van der Waals surface area contributed by atoms with Gasteiger partial charge < -0.3 is 14.0 Å². The third-order valence-electron chi connectivity index (χ3n) is 2.91. The van der Waals surface area contributed by atoms with Crippen LogP contribution in [0.4, 0.5) is 0 Å². The minimum atomic E-state index is -2.05. The molecule has 0 N–H and O–H groups in total. The SMILES string of the molecule is CCc1cccc([B-](OC(C)C)(OC(C)C)OC(C)C)n1.[Li+]. The summed E-state index contributed by atoms with van der Waals surface area (Å²) in [4.78, 5) is 4.68. The summed E-state index contributed by atoms with van der Waals surface area (Å²) in [6, 6.07) is 5.91. The third kappa shape index (κ3) is 6.44. The third-order valence-corrected chi connectivity index (χ3v) is 2.91. The van der Waals surface area contributed by atoms with Gasteiger partial charge in [-0.05, 0) is 59.6 Å². The average molecular weight is 301 g/mol. The molecule has 0 fully saturated rings. The van der Waals surface area contributed by atoms with E-state index < -0.39 is 6.75 Å². The van der Waals surface area contributed by atoms with Gasteiger partial charge in [0.25, 0.3) is 0 Å². The van der Waals surface area contributed by atoms with Crippen molar-refractivity contribution in [2.45, 2.75) is 73.2 Å². The fourth-order valence-corrected chi connectivity index (χ4v) is 2.27. The molecule has 120 valence electrons. The summed E-state index contributed by atoms with van der Waals surface area (Å²) in [5.74, 6) is 0. The van der Waals surface area contributed by atoms with E-state index in [2.05, 4.69) is 11.9 Å². The number of rotatable bonds is 8. The van der Waals surface area contributed by atoms with E-state index in [1.807, 2.05) is 59.7 Å². The van der Waals surface area contributed by atoms with Gasteiger partial charge in [-0.25, -0.2) is 0 Å². The van der Waals surface area contributed by atoms with E-state index in [-0.39, 0.29) is 37.2 Å². The maximum atomic E-state index is 6.10. The van der Waals surface area contributed by atoms with Crippen LogP contribution in [0.1, 0.15) is 54.2 Å². The van der Waals surface area contributed by atoms with E-state index in [1.165, 1.54) is 0 Å². The van der Waals surface area contributed by atoms with Crippen LogP contribution in [0.5, 0.6) is 0 Å². The molecule has 0 aliphatic rings. The van der Waals surface area contributed by atoms with Crippen molar-refractivity contribution in [3.8, 4) is 0 Å². The van der Waals surface area contributed by atoms with Crippen LogP contribution in [-0.4, -0.2) is 30.1 Å². The monoisotopic (exact) mass is 301 g/mol. The van der Waals surface area contributed by atoms with E-state index in [0.717, 1.165) is 17.7 Å². The zero-order valence-corrected chi connectivity index (χ0v) is 15.4. The topological polar surface area (TPSA) is 40.6 Å². The first kappa shape index (κ1) is 21.7. The largest absolute Gasteiger partial charge is 1.00 e. The number of hydrogen-bond acceptors (Lipinski definition) is 4. The Morgan fingerprint density at radius 2 is 1.36 bits per heavy atom. The second-order valence-electron chi connectivity index (χ2n) is 6.10. The Hall–Kier alpha value is -0.308. The van der Waals surface area contributed by atoms with Gasteiger partial charge in [-0.2, -0.15) is 0 Å². The number of nitrogens with zero attached hydrogens (tertiary/aromatic N) is 1. The zero-order chi connectivity index (χ0) is 16.0. The summed E-state index contributed by atoms with van der Waals surface area (Å²) in [7, 11) is 0. The summed E-state index contributed by atoms with van der Waals surface area (Å²) in [5, 5.41) is 0. The Balaban J connectivity index is 0.00000441. The first-order valence-corrected chi connectivity index (χ1v) is 7.92. The molecule has 1 rings (SSSR count). The quantitative estimate of drug-likeness (QED) is 0.637. The van der Waals surface area contributed by atoms with E-state index in [4.69, 9.17) is 14.0 Å². The molecular formula is C16H29BLiNO3. The molecule has 0 aliphatic heterocycles. The Morgan fingerprint density at radius 1 is 0.909 bits per heavy atom. The number of hydrogen-bond donors (Lipinski definition) is 0. The first-order chi connectivity index (χ1) is 9.79. The maximum Gasteiger partial charge on any atom is 1.00 e. The Morgan fingerprint density at radius 3 is 1.73 bits per heavy atom. The molecule has 1 aromatic heterocycles. The fraction of sp³-hybridized carbons (Fsp3) is 0.688. The minimum Gasteiger partial charge on any atom is -0.538 e. The molecule has 0 atom stereocenters. The van der Waals surface area contributed by atoms with Crippen molar-refractivity contribution in [3.63, 3.8) is 0 Å². The van der Waals surface area contributed by atoms with Gasteiger partial charge in [0.05, 0.1) is 0 Å². The van der Waals surface area contributed by atoms with Gasteiger partial charge in [0.15, 0.2) is 0 Å². The van der Waals surface area contributed by atoms with Crippen LogP contribution in [-0.2, 0) is 20.4 Å². The molecule has 22 heavy (non-hydrogen) atoms. The van der Waals surface area contributed by atoms with Crippen molar-refractivity contribution in [1.29, 1.82) is 0 Å². The van der Waals surface area contributed by atoms with Gasteiger partial charge in [-0.1, -0.05) is 19.1 Å². The van der Waals surface area contributed by atoms with Crippen LogP contribution in [0.3, 0.4) is 0 Å². The van der Waals surface area contributed by atoms with Crippen molar-refractivity contribution in [1.82, 2.24) is 4.98 Å². The fourth-order valence-electron chi connectivity index (χ4n) is 2.27. The molecule has 4 nitrogen and oxygen atoms in total. The second kappa shape index (κ2) is 9.75. The van der Waals surface area contributed by atoms with E-state index in [0.29, 0.717) is 0 Å². The summed E-state index contributed by atoms with van der Waals surface area (Å²) in [6.07, 6.45) is 0.809. The number of aromatic nitrogens is 1. The van der Waals surface area contributed by atoms with Crippen LogP contribution in [0.2, 0.25) is 0 Å². The number of aryl methyl sites for hydroxylation is 1. The van der Waals surface area contributed by atoms with Gasteiger partial charge in [-0.15, -0.1) is 0 Å². The summed E-state index contributed by atoms with van der Waals surface area (Å²) < 4.78 is 18.3. The maximum absolute atomic E-state index is 6.10. The van der Waals surface area contributed by atoms with Gasteiger partial charge in [0.2, 0.25) is 0 Å². The normalized spacial score (nSPS) is 12.1. The summed E-state index contributed by atoms with van der Waals surface area (Å²) >= 11 is 0. The van der Waals surface area contributed by atoms with Crippen LogP contribution in [0.25, 0.3) is 0 Å². The zero-order valence-electron chi connectivity index (χ0n) is 15.4.